The molecule has 0 amide bonds. The van der Waals surface area contributed by atoms with Crippen LogP contribution in [0.25, 0.3) is 0 Å². The van der Waals surface area contributed by atoms with Crippen LogP contribution in [0, 0.1) is 0 Å². The van der Waals surface area contributed by atoms with Crippen LogP contribution in [0.2, 0.25) is 0 Å². The van der Waals surface area contributed by atoms with Crippen molar-refractivity contribution in [2.45, 2.75) is 36.2 Å². The van der Waals surface area contributed by atoms with Gasteiger partial charge in [-0.25, -0.2) is 0 Å². The van der Waals surface area contributed by atoms with E-state index in [1.807, 2.05) is 0 Å². The van der Waals surface area contributed by atoms with Gasteiger partial charge in [0, 0.05) is 4.83 Å². The maximum Gasteiger partial charge on any atom is 0.0208 e. The highest BCUT2D eigenvalue weighted by atomic mass is 79.9. The van der Waals surface area contributed by atoms with Gasteiger partial charge in [0.1, 0.15) is 0 Å². The second kappa shape index (κ2) is 3.17. The molecular weight excluding hydrogens is 183 g/mol. The molecule has 48 valence electrons. The zero-order valence-electron chi connectivity index (χ0n) is 4.94. The molecule has 0 heterocycles. The first kappa shape index (κ1) is 7.02. The molecule has 8 heavy (non-hydrogen) atoms. The third kappa shape index (κ3) is 1.70. The number of alkyl halides is 1. The van der Waals surface area contributed by atoms with Crippen molar-refractivity contribution < 1.29 is 0 Å². The summed E-state index contributed by atoms with van der Waals surface area (Å²) in [5, 5.41) is 0. The summed E-state index contributed by atoms with van der Waals surface area (Å²) < 4.78 is 0. The monoisotopic (exact) mass is 194 g/mol. The Labute approximate surface area is 61.8 Å². The van der Waals surface area contributed by atoms with Crippen molar-refractivity contribution in [3.63, 3.8) is 0 Å². The predicted octanol–water partition coefficient (Wildman–Crippen LogP) is 2.57. The van der Waals surface area contributed by atoms with Gasteiger partial charge in [-0.1, -0.05) is 28.8 Å². The lowest BCUT2D eigenvalue weighted by molar-refractivity contribution is 0.533. The van der Waals surface area contributed by atoms with E-state index in [1.54, 1.807) is 0 Å². The van der Waals surface area contributed by atoms with E-state index in [4.69, 9.17) is 0 Å². The zero-order chi connectivity index (χ0) is 5.98. The minimum Gasteiger partial charge on any atom is -0.133 e. The van der Waals surface area contributed by atoms with Gasteiger partial charge in [-0.3, -0.25) is 0 Å². The predicted molar refractivity (Wildman–Crippen MR) is 44.7 cm³/mol. The van der Waals surface area contributed by atoms with Gasteiger partial charge in [0.15, 0.2) is 0 Å². The van der Waals surface area contributed by atoms with E-state index in [2.05, 4.69) is 25.2 Å². The first-order valence-corrected chi connectivity index (χ1v) is 4.78. The summed E-state index contributed by atoms with van der Waals surface area (Å²) in [6.07, 6.45) is 5.60. The molecule has 0 nitrogen and oxygen atoms in total. The van der Waals surface area contributed by atoms with Crippen molar-refractivity contribution in [1.82, 2.24) is 0 Å². The standard InChI is InChI=1S/C6H12BrP/c7-5-3-1-2-4-6(5)8/h5-6H,1-4,8H2. The summed E-state index contributed by atoms with van der Waals surface area (Å²) in [5.41, 5.74) is 0.837. The Balaban J connectivity index is 2.28. The van der Waals surface area contributed by atoms with Crippen LogP contribution < -0.4 is 0 Å². The maximum absolute atomic E-state index is 3.63. The Bertz CT molecular complexity index is 64.9. The second-order valence-corrected chi connectivity index (χ2v) is 4.50. The molecule has 1 saturated carbocycles. The smallest absolute Gasteiger partial charge is 0.0208 e. The lowest BCUT2D eigenvalue weighted by Gasteiger charge is -2.22. The Morgan fingerprint density at radius 1 is 1.25 bits per heavy atom. The van der Waals surface area contributed by atoms with Crippen molar-refractivity contribution in [1.29, 1.82) is 0 Å². The SMILES string of the molecule is PC1CCCCC1Br. The largest absolute Gasteiger partial charge is 0.133 e. The van der Waals surface area contributed by atoms with Crippen LogP contribution in [0.4, 0.5) is 0 Å². The van der Waals surface area contributed by atoms with Crippen LogP contribution in [0.15, 0.2) is 0 Å². The van der Waals surface area contributed by atoms with Gasteiger partial charge in [0.05, 0.1) is 0 Å². The van der Waals surface area contributed by atoms with Crippen LogP contribution in [0.3, 0.4) is 0 Å². The Morgan fingerprint density at radius 3 is 2.25 bits per heavy atom. The van der Waals surface area contributed by atoms with Crippen molar-refractivity contribution in [3.05, 3.63) is 0 Å². The highest BCUT2D eigenvalue weighted by Crippen LogP contribution is 2.29. The summed E-state index contributed by atoms with van der Waals surface area (Å²) in [6, 6.07) is 0. The molecule has 0 spiro atoms. The van der Waals surface area contributed by atoms with Crippen LogP contribution in [0.1, 0.15) is 25.7 Å². The number of rotatable bonds is 0. The highest BCUT2D eigenvalue weighted by molar-refractivity contribution is 9.09. The number of hydrogen-bond acceptors (Lipinski definition) is 0. The van der Waals surface area contributed by atoms with Gasteiger partial charge in [0.25, 0.3) is 0 Å². The zero-order valence-corrected chi connectivity index (χ0v) is 7.68. The molecule has 1 aliphatic rings. The minimum absolute atomic E-state index is 0.779. The van der Waals surface area contributed by atoms with E-state index in [0.29, 0.717) is 0 Å². The molecule has 3 unspecified atom stereocenters. The molecule has 3 atom stereocenters. The van der Waals surface area contributed by atoms with E-state index in [-0.39, 0.29) is 0 Å². The normalized spacial score (nSPS) is 39.8. The van der Waals surface area contributed by atoms with E-state index in [1.165, 1.54) is 25.7 Å². The first-order valence-electron chi connectivity index (χ1n) is 3.20. The summed E-state index contributed by atoms with van der Waals surface area (Å²) in [7, 11) is 2.90. The summed E-state index contributed by atoms with van der Waals surface area (Å²) in [4.78, 5) is 0.779. The molecular formula is C6H12BrP. The molecule has 0 aliphatic heterocycles. The molecule has 0 saturated heterocycles. The molecule has 0 radical (unpaired) electrons. The lowest BCUT2D eigenvalue weighted by Crippen LogP contribution is -2.17. The third-order valence-corrected chi connectivity index (χ3v) is 4.23. The Morgan fingerprint density at radius 2 is 1.88 bits per heavy atom. The van der Waals surface area contributed by atoms with Gasteiger partial charge >= 0.3 is 0 Å². The molecule has 0 aromatic heterocycles. The van der Waals surface area contributed by atoms with Crippen molar-refractivity contribution in [3.8, 4) is 0 Å². The topological polar surface area (TPSA) is 0 Å². The van der Waals surface area contributed by atoms with Crippen molar-refractivity contribution in [2.75, 3.05) is 0 Å². The van der Waals surface area contributed by atoms with Gasteiger partial charge in [0.2, 0.25) is 0 Å². The molecule has 0 aromatic rings. The number of hydrogen-bond donors (Lipinski definition) is 0. The molecule has 0 bridgehead atoms. The Kier molecular flexibility index (Phi) is 2.79. The summed E-state index contributed by atoms with van der Waals surface area (Å²) in [6.45, 7) is 0. The van der Waals surface area contributed by atoms with Crippen molar-refractivity contribution >= 4 is 25.2 Å². The highest BCUT2D eigenvalue weighted by Gasteiger charge is 2.17. The van der Waals surface area contributed by atoms with Gasteiger partial charge in [-0.05, 0) is 18.5 Å². The van der Waals surface area contributed by atoms with Gasteiger partial charge < -0.3 is 0 Å². The molecule has 1 rings (SSSR count). The summed E-state index contributed by atoms with van der Waals surface area (Å²) >= 11 is 3.63. The van der Waals surface area contributed by atoms with E-state index >= 15 is 0 Å². The molecule has 2 heteroatoms. The molecule has 1 aliphatic carbocycles. The average molecular weight is 195 g/mol. The lowest BCUT2D eigenvalue weighted by atomic mass is 10.0. The van der Waals surface area contributed by atoms with Crippen molar-refractivity contribution in [2.24, 2.45) is 0 Å². The van der Waals surface area contributed by atoms with Gasteiger partial charge in [-0.2, -0.15) is 0 Å². The van der Waals surface area contributed by atoms with Crippen LogP contribution >= 0.6 is 25.2 Å². The van der Waals surface area contributed by atoms with Crippen LogP contribution in [0.5, 0.6) is 0 Å². The van der Waals surface area contributed by atoms with Crippen LogP contribution in [-0.2, 0) is 0 Å². The second-order valence-electron chi connectivity index (χ2n) is 2.46. The minimum atomic E-state index is 0.779. The summed E-state index contributed by atoms with van der Waals surface area (Å²) in [5.74, 6) is 0. The fraction of sp³-hybridized carbons (Fsp3) is 1.00. The molecule has 0 N–H and O–H groups in total. The quantitative estimate of drug-likeness (QED) is 0.411. The first-order chi connectivity index (χ1) is 3.80. The van der Waals surface area contributed by atoms with E-state index < -0.39 is 0 Å². The third-order valence-electron chi connectivity index (χ3n) is 1.73. The Hall–Kier alpha value is 0.910. The van der Waals surface area contributed by atoms with Gasteiger partial charge in [-0.15, -0.1) is 9.24 Å². The maximum atomic E-state index is 3.63. The molecule has 0 aromatic carbocycles. The number of halogens is 1. The fourth-order valence-corrected chi connectivity index (χ4v) is 2.13. The van der Waals surface area contributed by atoms with Crippen LogP contribution in [-0.4, -0.2) is 10.5 Å². The molecule has 1 fully saturated rings. The fourth-order valence-electron chi connectivity index (χ4n) is 1.11. The average Bonchev–Trinajstić information content (AvgIpc) is 1.77. The van der Waals surface area contributed by atoms with E-state index in [9.17, 15) is 0 Å². The van der Waals surface area contributed by atoms with E-state index in [0.717, 1.165) is 10.5 Å².